The molecule has 1 aromatic carbocycles. The molecule has 7 nitrogen and oxygen atoms in total. The molecule has 0 spiro atoms. The molecule has 154 valence electrons. The van der Waals surface area contributed by atoms with E-state index in [9.17, 15) is 14.4 Å². The Morgan fingerprint density at radius 2 is 2.10 bits per heavy atom. The molecular formula is C21H25ClN4O3. The van der Waals surface area contributed by atoms with Crippen molar-refractivity contribution < 1.29 is 14.4 Å². The van der Waals surface area contributed by atoms with Crippen molar-refractivity contribution in [3.8, 4) is 0 Å². The number of halogens is 1. The molecule has 2 fully saturated rings. The van der Waals surface area contributed by atoms with Crippen molar-refractivity contribution in [1.29, 1.82) is 0 Å². The Labute approximate surface area is 174 Å². The lowest BCUT2D eigenvalue weighted by Gasteiger charge is -2.34. The summed E-state index contributed by atoms with van der Waals surface area (Å²) in [4.78, 5) is 41.5. The fraction of sp³-hybridized carbons (Fsp3) is 0.476. The maximum Gasteiger partial charge on any atom is 0.315 e. The van der Waals surface area contributed by atoms with Crippen molar-refractivity contribution in [1.82, 2.24) is 20.5 Å². The molecule has 3 amide bonds. The number of H-pyrrole nitrogens is 1. The molecule has 1 aliphatic heterocycles. The van der Waals surface area contributed by atoms with Gasteiger partial charge in [0.1, 0.15) is 5.78 Å². The fourth-order valence-electron chi connectivity index (χ4n) is 4.25. The number of nitrogens with zero attached hydrogens (tertiary/aromatic N) is 1. The minimum Gasteiger partial charge on any atom is -0.357 e. The molecule has 1 saturated heterocycles. The average Bonchev–Trinajstić information content (AvgIpc) is 3.31. The summed E-state index contributed by atoms with van der Waals surface area (Å²) < 4.78 is 0. The summed E-state index contributed by atoms with van der Waals surface area (Å²) in [5.41, 5.74) is 1.86. The number of fused-ring (bicyclic) bond motifs is 1. The van der Waals surface area contributed by atoms with E-state index in [2.05, 4.69) is 15.6 Å². The molecule has 0 radical (unpaired) electrons. The van der Waals surface area contributed by atoms with Crippen LogP contribution in [0.3, 0.4) is 0 Å². The van der Waals surface area contributed by atoms with Crippen LogP contribution in [0.15, 0.2) is 24.3 Å². The molecule has 1 unspecified atom stereocenters. The molecule has 2 heterocycles. The number of carbonyl (C=O) groups excluding carboxylic acids is 3. The number of likely N-dealkylation sites (tertiary alicyclic amines) is 1. The molecule has 2 aliphatic rings. The molecule has 29 heavy (non-hydrogen) atoms. The summed E-state index contributed by atoms with van der Waals surface area (Å²) in [7, 11) is 0. The number of hydrogen-bond acceptors (Lipinski definition) is 3. The largest absolute Gasteiger partial charge is 0.357 e. The maximum atomic E-state index is 12.6. The van der Waals surface area contributed by atoms with Crippen LogP contribution in [0.1, 0.15) is 37.8 Å². The van der Waals surface area contributed by atoms with Gasteiger partial charge in [-0.05, 0) is 43.5 Å². The summed E-state index contributed by atoms with van der Waals surface area (Å²) in [6.07, 6.45) is 3.21. The van der Waals surface area contributed by atoms with Gasteiger partial charge in [0.15, 0.2) is 0 Å². The topological polar surface area (TPSA) is 94.3 Å². The van der Waals surface area contributed by atoms with Gasteiger partial charge < -0.3 is 20.5 Å². The zero-order valence-corrected chi connectivity index (χ0v) is 16.9. The highest BCUT2D eigenvalue weighted by Crippen LogP contribution is 2.25. The zero-order chi connectivity index (χ0) is 20.4. The third-order valence-electron chi connectivity index (χ3n) is 5.74. The van der Waals surface area contributed by atoms with Gasteiger partial charge in [-0.25, -0.2) is 4.79 Å². The number of urea groups is 1. The monoisotopic (exact) mass is 416 g/mol. The number of hydrogen-bond donors (Lipinski definition) is 3. The lowest BCUT2D eigenvalue weighted by molar-refractivity contribution is -0.137. The number of ketones is 1. The minimum absolute atomic E-state index is 0.0551. The number of piperidine rings is 1. The van der Waals surface area contributed by atoms with Crippen LogP contribution in [0.25, 0.3) is 10.9 Å². The first-order valence-electron chi connectivity index (χ1n) is 10.1. The summed E-state index contributed by atoms with van der Waals surface area (Å²) >= 11 is 6.01. The van der Waals surface area contributed by atoms with Crippen molar-refractivity contribution >= 4 is 40.2 Å². The van der Waals surface area contributed by atoms with Gasteiger partial charge in [0.25, 0.3) is 0 Å². The minimum atomic E-state index is -0.253. The van der Waals surface area contributed by atoms with Crippen LogP contribution in [-0.2, 0) is 16.1 Å². The summed E-state index contributed by atoms with van der Waals surface area (Å²) in [5, 5.41) is 7.51. The van der Waals surface area contributed by atoms with Crippen LogP contribution in [0.5, 0.6) is 0 Å². The van der Waals surface area contributed by atoms with Gasteiger partial charge in [0, 0.05) is 59.5 Å². The van der Waals surface area contributed by atoms with E-state index in [1.807, 2.05) is 24.3 Å². The number of amides is 3. The molecule has 2 atom stereocenters. The molecule has 2 aromatic rings. The van der Waals surface area contributed by atoms with Gasteiger partial charge >= 0.3 is 6.03 Å². The van der Waals surface area contributed by atoms with E-state index in [4.69, 9.17) is 11.6 Å². The first-order valence-corrected chi connectivity index (χ1v) is 10.5. The van der Waals surface area contributed by atoms with Gasteiger partial charge in [-0.3, -0.25) is 9.59 Å². The number of Topliss-reactive ketones (excluding diaryl/α,β-unsaturated/α-hetero) is 1. The highest BCUT2D eigenvalue weighted by molar-refractivity contribution is 6.31. The second-order valence-corrected chi connectivity index (χ2v) is 8.39. The molecular weight excluding hydrogens is 392 g/mol. The van der Waals surface area contributed by atoms with E-state index < -0.39 is 0 Å². The van der Waals surface area contributed by atoms with E-state index in [-0.39, 0.29) is 29.7 Å². The van der Waals surface area contributed by atoms with Crippen LogP contribution in [0.2, 0.25) is 5.02 Å². The Bertz CT molecular complexity index is 941. The van der Waals surface area contributed by atoms with Crippen LogP contribution in [0, 0.1) is 5.92 Å². The van der Waals surface area contributed by atoms with E-state index in [0.717, 1.165) is 29.4 Å². The van der Waals surface area contributed by atoms with E-state index in [0.29, 0.717) is 43.9 Å². The highest BCUT2D eigenvalue weighted by Gasteiger charge is 2.33. The van der Waals surface area contributed by atoms with Crippen molar-refractivity contribution in [2.75, 3.05) is 13.1 Å². The molecule has 0 bridgehead atoms. The van der Waals surface area contributed by atoms with Crippen molar-refractivity contribution in [3.05, 3.63) is 35.0 Å². The molecule has 1 saturated carbocycles. The first-order chi connectivity index (χ1) is 14.0. The summed E-state index contributed by atoms with van der Waals surface area (Å²) in [6, 6.07) is 7.24. The number of aromatic nitrogens is 1. The van der Waals surface area contributed by atoms with Crippen LogP contribution in [-0.4, -0.2) is 46.7 Å². The standard InChI is InChI=1S/C21H25ClN4O3/c22-15-4-6-19-14(8-15)9-17(24-19)11-23-21(29)25-16-2-1-7-26(12-16)20(28)13-3-5-18(27)10-13/h4,6,8-9,13,16,24H,1-3,5,7,10-12H2,(H2,23,25,29)/t13?,16-/m1/s1. The van der Waals surface area contributed by atoms with E-state index in [1.54, 1.807) is 4.90 Å². The van der Waals surface area contributed by atoms with Crippen LogP contribution < -0.4 is 10.6 Å². The van der Waals surface area contributed by atoms with Gasteiger partial charge in [0.2, 0.25) is 5.91 Å². The lowest BCUT2D eigenvalue weighted by atomic mass is 10.0. The Morgan fingerprint density at radius 1 is 1.24 bits per heavy atom. The van der Waals surface area contributed by atoms with Crippen LogP contribution in [0.4, 0.5) is 4.79 Å². The lowest BCUT2D eigenvalue weighted by Crippen LogP contribution is -2.52. The summed E-state index contributed by atoms with van der Waals surface area (Å²) in [5.74, 6) is 0.0544. The van der Waals surface area contributed by atoms with Gasteiger partial charge in [-0.15, -0.1) is 0 Å². The molecule has 1 aromatic heterocycles. The number of carbonyl (C=O) groups is 3. The molecule has 1 aliphatic carbocycles. The SMILES string of the molecule is O=C1CCC(C(=O)N2CCC[C@@H](NC(=O)NCc3cc4cc(Cl)ccc4[nH]3)C2)C1. The van der Waals surface area contributed by atoms with Gasteiger partial charge in [0.05, 0.1) is 6.54 Å². The van der Waals surface area contributed by atoms with E-state index >= 15 is 0 Å². The van der Waals surface area contributed by atoms with Crippen molar-refractivity contribution in [3.63, 3.8) is 0 Å². The zero-order valence-electron chi connectivity index (χ0n) is 16.2. The maximum absolute atomic E-state index is 12.6. The number of nitrogens with one attached hydrogen (secondary N) is 3. The van der Waals surface area contributed by atoms with Crippen molar-refractivity contribution in [2.24, 2.45) is 5.92 Å². The number of aromatic amines is 1. The van der Waals surface area contributed by atoms with Crippen LogP contribution >= 0.6 is 11.6 Å². The normalized spacial score (nSPS) is 22.1. The predicted molar refractivity (Wildman–Crippen MR) is 111 cm³/mol. The average molecular weight is 417 g/mol. The highest BCUT2D eigenvalue weighted by atomic mass is 35.5. The number of rotatable bonds is 4. The summed E-state index contributed by atoms with van der Waals surface area (Å²) in [6.45, 7) is 1.57. The molecule has 3 N–H and O–H groups in total. The number of benzene rings is 1. The Balaban J connectivity index is 1.27. The van der Waals surface area contributed by atoms with Gasteiger partial charge in [-0.2, -0.15) is 0 Å². The smallest absolute Gasteiger partial charge is 0.315 e. The fourth-order valence-corrected chi connectivity index (χ4v) is 4.43. The van der Waals surface area contributed by atoms with Crippen molar-refractivity contribution in [2.45, 2.75) is 44.7 Å². The Hall–Kier alpha value is -2.54. The quantitative estimate of drug-likeness (QED) is 0.715. The first kappa shape index (κ1) is 19.8. The second kappa shape index (κ2) is 8.45. The molecule has 8 heteroatoms. The third-order valence-corrected chi connectivity index (χ3v) is 5.98. The predicted octanol–water partition coefficient (Wildman–Crippen LogP) is 2.98. The molecule has 4 rings (SSSR count). The Kier molecular flexibility index (Phi) is 5.76. The Morgan fingerprint density at radius 3 is 2.90 bits per heavy atom. The third kappa shape index (κ3) is 4.72. The van der Waals surface area contributed by atoms with Gasteiger partial charge in [-0.1, -0.05) is 11.6 Å². The van der Waals surface area contributed by atoms with E-state index in [1.165, 1.54) is 0 Å². The second-order valence-electron chi connectivity index (χ2n) is 7.95.